The average Bonchev–Trinajstić information content (AvgIpc) is 3.22. The number of hydrogen-bond acceptors (Lipinski definition) is 0. The lowest BCUT2D eigenvalue weighted by atomic mass is 10.0. The first kappa shape index (κ1) is 43.3. The first-order chi connectivity index (χ1) is 27.5. The van der Waals surface area contributed by atoms with Gasteiger partial charge >= 0.3 is 0 Å². The monoisotopic (exact) mass is 780 g/mol. The Kier molecular flexibility index (Phi) is 16.9. The second-order valence-electron chi connectivity index (χ2n) is 12.7. The largest absolute Gasteiger partial charge is 0.202 e. The minimum atomic E-state index is -2.30. The van der Waals surface area contributed by atoms with Gasteiger partial charge in [-0.25, -0.2) is 39.5 Å². The molecule has 0 bridgehead atoms. The first-order valence-electron chi connectivity index (χ1n) is 18.2. The van der Waals surface area contributed by atoms with E-state index in [1.165, 1.54) is 87.6 Å². The third kappa shape index (κ3) is 12.6. The third-order valence-electron chi connectivity index (χ3n) is 8.50. The van der Waals surface area contributed by atoms with Gasteiger partial charge < -0.3 is 0 Å². The van der Waals surface area contributed by atoms with Crippen molar-refractivity contribution in [3.05, 3.63) is 140 Å². The van der Waals surface area contributed by atoms with Crippen LogP contribution in [-0.2, 0) is 6.42 Å². The van der Waals surface area contributed by atoms with Crippen molar-refractivity contribution in [1.29, 1.82) is 0 Å². The van der Waals surface area contributed by atoms with Crippen molar-refractivity contribution in [1.82, 2.24) is 0 Å². The van der Waals surface area contributed by atoms with Crippen LogP contribution in [0.2, 0.25) is 0 Å². The lowest BCUT2D eigenvalue weighted by molar-refractivity contribution is 0.376. The molecule has 0 aliphatic rings. The molecule has 4 rings (SSSR count). The first-order valence-corrected chi connectivity index (χ1v) is 18.2. The Hall–Kier alpha value is -6.39. The van der Waals surface area contributed by atoms with E-state index in [4.69, 9.17) is 0 Å². The van der Waals surface area contributed by atoms with Gasteiger partial charge in [-0.05, 0) is 108 Å². The Morgan fingerprint density at radius 1 is 0.316 bits per heavy atom. The van der Waals surface area contributed by atoms with Gasteiger partial charge in [-0.1, -0.05) is 94.6 Å². The standard InChI is InChI=1S/C48H33F9/c1-2-3-4-5-6-7-8-9-10-11-18-33-25-27-34(28-26-33)19-12-15-22-37-40(49)42(51)38(43(52)41(37)50)23-16-13-20-35-29-31-36(32-30-35)21-14-17-24-39-44(53)46(55)48(57)47(56)45(39)54/h25-32H,2-11,18H2,1H3. The molecule has 9 heteroatoms. The number of hydrogen-bond donors (Lipinski definition) is 0. The summed E-state index contributed by atoms with van der Waals surface area (Å²) >= 11 is 0. The molecule has 0 saturated carbocycles. The summed E-state index contributed by atoms with van der Waals surface area (Å²) in [7, 11) is 0. The SMILES string of the molecule is CCCCCCCCCCCCc1ccc(C#CC#Cc2c(F)c(F)c(C#CC#Cc3ccc(C#CC#Cc4c(F)c(F)c(F)c(F)c4F)cc3)c(F)c2F)cc1. The summed E-state index contributed by atoms with van der Waals surface area (Å²) in [5.41, 5.74) is -1.17. The molecule has 0 heterocycles. The van der Waals surface area contributed by atoms with Gasteiger partial charge in [-0.2, -0.15) is 0 Å². The van der Waals surface area contributed by atoms with E-state index in [0.717, 1.165) is 12.8 Å². The Bertz CT molecular complexity index is 2400. The molecule has 0 saturated heterocycles. The van der Waals surface area contributed by atoms with Gasteiger partial charge in [0.25, 0.3) is 0 Å². The predicted molar refractivity (Wildman–Crippen MR) is 202 cm³/mol. The van der Waals surface area contributed by atoms with Gasteiger partial charge in [0.2, 0.25) is 5.82 Å². The van der Waals surface area contributed by atoms with Gasteiger partial charge in [0, 0.05) is 16.7 Å². The van der Waals surface area contributed by atoms with Crippen LogP contribution in [0.15, 0.2) is 48.5 Å². The molecule has 0 aromatic heterocycles. The summed E-state index contributed by atoms with van der Waals surface area (Å²) in [6, 6.07) is 13.3. The van der Waals surface area contributed by atoms with E-state index < -0.39 is 69.0 Å². The second-order valence-corrected chi connectivity index (χ2v) is 12.7. The summed E-state index contributed by atoms with van der Waals surface area (Å²) in [6.45, 7) is 2.22. The fourth-order valence-electron chi connectivity index (χ4n) is 5.37. The minimum Gasteiger partial charge on any atom is -0.202 e. The molecule has 57 heavy (non-hydrogen) atoms. The van der Waals surface area contributed by atoms with E-state index in [2.05, 4.69) is 54.3 Å². The molecule has 0 N–H and O–H groups in total. The maximum atomic E-state index is 14.7. The van der Waals surface area contributed by atoms with Crippen molar-refractivity contribution in [3.8, 4) is 71.0 Å². The van der Waals surface area contributed by atoms with Gasteiger partial charge in [0.1, 0.15) is 16.7 Å². The molecule has 0 spiro atoms. The Morgan fingerprint density at radius 2 is 0.579 bits per heavy atom. The van der Waals surface area contributed by atoms with Crippen molar-refractivity contribution in [2.24, 2.45) is 0 Å². The van der Waals surface area contributed by atoms with Crippen LogP contribution >= 0.6 is 0 Å². The summed E-state index contributed by atoms with van der Waals surface area (Å²) in [5.74, 6) is 9.29. The lowest BCUT2D eigenvalue weighted by Gasteiger charge is -2.03. The van der Waals surface area contributed by atoms with Crippen molar-refractivity contribution in [2.45, 2.75) is 77.6 Å². The van der Waals surface area contributed by atoms with Crippen LogP contribution in [0.25, 0.3) is 0 Å². The summed E-state index contributed by atoms with van der Waals surface area (Å²) in [5, 5.41) is 0. The molecule has 4 aromatic carbocycles. The zero-order valence-electron chi connectivity index (χ0n) is 30.8. The molecule has 288 valence electrons. The van der Waals surface area contributed by atoms with E-state index >= 15 is 0 Å². The van der Waals surface area contributed by atoms with Crippen molar-refractivity contribution in [2.75, 3.05) is 0 Å². The van der Waals surface area contributed by atoms with Crippen molar-refractivity contribution >= 4 is 0 Å². The number of aryl methyl sites for hydroxylation is 1. The van der Waals surface area contributed by atoms with Gasteiger partial charge in [-0.15, -0.1) is 0 Å². The normalized spacial score (nSPS) is 9.86. The van der Waals surface area contributed by atoms with Crippen LogP contribution in [-0.4, -0.2) is 0 Å². The van der Waals surface area contributed by atoms with E-state index in [-0.39, 0.29) is 0 Å². The van der Waals surface area contributed by atoms with Crippen LogP contribution < -0.4 is 0 Å². The molecule has 0 unspecified atom stereocenters. The highest BCUT2D eigenvalue weighted by atomic mass is 19.2. The molecule has 0 amide bonds. The molecular formula is C48H33F9. The van der Waals surface area contributed by atoms with Crippen LogP contribution in [0.1, 0.15) is 110 Å². The van der Waals surface area contributed by atoms with E-state index in [1.54, 1.807) is 5.92 Å². The van der Waals surface area contributed by atoms with Crippen LogP contribution in [0.4, 0.5) is 39.5 Å². The molecule has 0 fully saturated rings. The summed E-state index contributed by atoms with van der Waals surface area (Å²) < 4.78 is 126. The maximum absolute atomic E-state index is 14.7. The average molecular weight is 781 g/mol. The van der Waals surface area contributed by atoms with Crippen LogP contribution in [0.5, 0.6) is 0 Å². The quantitative estimate of drug-likeness (QED) is 0.0468. The van der Waals surface area contributed by atoms with Gasteiger partial charge in [0.05, 0.1) is 0 Å². The predicted octanol–water partition coefficient (Wildman–Crippen LogP) is 11.6. The third-order valence-corrected chi connectivity index (χ3v) is 8.50. The summed E-state index contributed by atoms with van der Waals surface area (Å²) in [4.78, 5) is 0. The Morgan fingerprint density at radius 3 is 0.930 bits per heavy atom. The fourth-order valence-corrected chi connectivity index (χ4v) is 5.37. The highest BCUT2D eigenvalue weighted by Gasteiger charge is 2.25. The maximum Gasteiger partial charge on any atom is 0.200 e. The summed E-state index contributed by atoms with van der Waals surface area (Å²) in [6.07, 6.45) is 13.6. The minimum absolute atomic E-state index is 0.325. The van der Waals surface area contributed by atoms with Gasteiger partial charge in [-0.3, -0.25) is 0 Å². The fraction of sp³-hybridized carbons (Fsp3) is 0.250. The number of halogens is 9. The topological polar surface area (TPSA) is 0 Å². The molecule has 0 nitrogen and oxygen atoms in total. The highest BCUT2D eigenvalue weighted by Crippen LogP contribution is 2.24. The molecule has 4 aromatic rings. The zero-order valence-corrected chi connectivity index (χ0v) is 30.8. The number of benzene rings is 4. The van der Waals surface area contributed by atoms with E-state index in [0.29, 0.717) is 16.7 Å². The zero-order chi connectivity index (χ0) is 41.2. The molecule has 0 aliphatic heterocycles. The molecule has 0 aliphatic carbocycles. The lowest BCUT2D eigenvalue weighted by Crippen LogP contribution is -2.04. The van der Waals surface area contributed by atoms with E-state index in [9.17, 15) is 39.5 Å². The number of rotatable bonds is 11. The Balaban J connectivity index is 1.32. The molecule has 0 radical (unpaired) electrons. The second kappa shape index (κ2) is 22.2. The molecular weight excluding hydrogens is 748 g/mol. The highest BCUT2D eigenvalue weighted by molar-refractivity contribution is 5.52. The van der Waals surface area contributed by atoms with Crippen molar-refractivity contribution in [3.63, 3.8) is 0 Å². The Labute approximate surface area is 327 Å². The van der Waals surface area contributed by atoms with Crippen LogP contribution in [0.3, 0.4) is 0 Å². The van der Waals surface area contributed by atoms with E-state index in [1.807, 2.05) is 42.0 Å². The molecule has 0 atom stereocenters. The van der Waals surface area contributed by atoms with Crippen molar-refractivity contribution < 1.29 is 39.5 Å². The smallest absolute Gasteiger partial charge is 0.200 e. The van der Waals surface area contributed by atoms with Gasteiger partial charge in [0.15, 0.2) is 46.5 Å². The number of unbranched alkanes of at least 4 members (excludes halogenated alkanes) is 9. The van der Waals surface area contributed by atoms with Crippen LogP contribution in [0, 0.1) is 123 Å².